The summed E-state index contributed by atoms with van der Waals surface area (Å²) in [7, 11) is 0. The second-order valence-electron chi connectivity index (χ2n) is 22.9. The summed E-state index contributed by atoms with van der Waals surface area (Å²) in [5.74, 6) is -16.8. The Balaban J connectivity index is 2.24. The molecule has 0 spiro atoms. The van der Waals surface area contributed by atoms with E-state index in [4.69, 9.17) is 16.9 Å². The van der Waals surface area contributed by atoms with Crippen LogP contribution in [0.15, 0.2) is 12.5 Å². The number of hydrogen-bond donors (Lipinski definition) is 19. The molecule has 2 heterocycles. The fourth-order valence-electron chi connectivity index (χ4n) is 9.60. The number of hydrogen-bond acceptors (Lipinski definition) is 20. The van der Waals surface area contributed by atoms with Crippen LogP contribution in [0.25, 0.3) is 0 Å². The fourth-order valence-corrected chi connectivity index (χ4v) is 10.1. The number of guanidine groups is 1. The number of carboxylic acid groups (broad SMARTS) is 4. The summed E-state index contributed by atoms with van der Waals surface area (Å²) in [6.07, 6.45) is 1.15. The molecular weight excluding hydrogens is 1260 g/mol. The van der Waals surface area contributed by atoms with Crippen molar-refractivity contribution in [1.29, 1.82) is 5.41 Å². The first-order valence-electron chi connectivity index (χ1n) is 30.6. The van der Waals surface area contributed by atoms with Gasteiger partial charge < -0.3 is 100 Å². The summed E-state index contributed by atoms with van der Waals surface area (Å²) >= 11 is 1.37. The lowest BCUT2D eigenvalue weighted by atomic mass is 10.00. The summed E-state index contributed by atoms with van der Waals surface area (Å²) in [5, 5.41) is 80.7. The summed E-state index contributed by atoms with van der Waals surface area (Å²) in [5.41, 5.74) is 11.1. The molecule has 0 aromatic carbocycles. The molecule has 0 aliphatic carbocycles. The zero-order valence-electron chi connectivity index (χ0n) is 53.2. The molecule has 0 bridgehead atoms. The Morgan fingerprint density at radius 1 is 0.638 bits per heavy atom. The van der Waals surface area contributed by atoms with Gasteiger partial charge in [0.1, 0.15) is 48.3 Å². The van der Waals surface area contributed by atoms with Crippen LogP contribution in [0.5, 0.6) is 0 Å². The number of Topliss-reactive ketones (excluding diaryl/α,β-unsaturated/α-hetero) is 1. The minimum Gasteiger partial charge on any atom is -0.481 e. The molecule has 37 heteroatoms. The maximum absolute atomic E-state index is 14.0. The van der Waals surface area contributed by atoms with Gasteiger partial charge in [-0.15, -0.1) is 0 Å². The van der Waals surface area contributed by atoms with Crippen LogP contribution in [0.4, 0.5) is 0 Å². The number of nitrogens with one attached hydrogen (secondary N) is 12. The van der Waals surface area contributed by atoms with E-state index in [1.807, 2.05) is 6.92 Å². The van der Waals surface area contributed by atoms with E-state index >= 15 is 0 Å². The lowest BCUT2D eigenvalue weighted by Gasteiger charge is -2.31. The number of nitrogens with two attached hydrogens (primary N) is 2. The SMILES string of the molecule is CC[C@H](C)CC(=O)N[C@@H](CC(=O)O)C(=O)N1CCC[C@H]1C(=O)N[C@H](C(=O)N[C@@H](CC(=O)O)C(=O)N[C@@H](Cc1c[nH]cn1)C(=O)CCCCN[C@@H](CC(=O)O)C(=O)N[C@@H](CCC(=O)O)C(=O)N[C@@H](CO)C(=O)N[C@@H](CCCNC(=N)N)C(=O)N[C@@H](CCSC)C(N)=O)C(C)C. The van der Waals surface area contributed by atoms with Gasteiger partial charge in [-0.3, -0.25) is 77.3 Å². The van der Waals surface area contributed by atoms with Crippen LogP contribution in [0.3, 0.4) is 0 Å². The zero-order valence-corrected chi connectivity index (χ0v) is 54.1. The Labute approximate surface area is 546 Å². The Hall–Kier alpha value is -9.00. The molecule has 1 aromatic rings. The number of carboxylic acids is 4. The number of imidazole rings is 1. The predicted molar refractivity (Wildman–Crippen MR) is 334 cm³/mol. The van der Waals surface area contributed by atoms with E-state index in [2.05, 4.69) is 63.1 Å². The minimum absolute atomic E-state index is 0.0121. The molecule has 526 valence electrons. The first-order chi connectivity index (χ1) is 44.3. The number of ketones is 1. The van der Waals surface area contributed by atoms with Gasteiger partial charge in [-0.05, 0) is 81.8 Å². The molecule has 1 fully saturated rings. The number of rotatable bonds is 47. The van der Waals surface area contributed by atoms with Gasteiger partial charge in [0.15, 0.2) is 11.7 Å². The molecule has 21 N–H and O–H groups in total. The summed E-state index contributed by atoms with van der Waals surface area (Å²) in [6.45, 7) is 5.55. The summed E-state index contributed by atoms with van der Waals surface area (Å²) < 4.78 is 0. The van der Waals surface area contributed by atoms with E-state index in [9.17, 15) is 97.5 Å². The van der Waals surface area contributed by atoms with Crippen molar-refractivity contribution in [3.8, 4) is 0 Å². The number of H-pyrrole nitrogens is 1. The van der Waals surface area contributed by atoms with Gasteiger partial charge in [0, 0.05) is 45.0 Å². The smallest absolute Gasteiger partial charge is 0.305 e. The number of aromatic nitrogens is 2. The molecule has 0 unspecified atom stereocenters. The number of carbonyl (C=O) groups is 15. The molecule has 11 atom stereocenters. The standard InChI is InChI=1S/C57H92N16O20S/c1-6-30(4)21-42(76)65-38(25-46(83)84)56(93)73-19-10-12-40(73)54(91)72-47(29(2)3)55(92)70-37(24-45(81)82)52(89)69-35(22-31-26-61-28-64-31)41(75)13-7-8-17-62-36(23-44(79)80)51(88)68-34(14-15-43(77)78)50(87)71-39(27-74)53(90)67-33(11-9-18-63-57(59)60)49(86)66-32(48(58)85)16-20-94-5/h26,28-30,32-40,47,62,74H,6-25,27H2,1-5H3,(H2,58,85)(H,61,64)(H,65,76)(H,66,86)(H,67,90)(H,68,88)(H,69,89)(H,70,92)(H,71,87)(H,72,91)(H,77,78)(H,79,80)(H,81,82)(H,83,84)(H4,59,60,63)/t30-,32-,33-,34-,35-,36-,37-,38-,39-,40-,47-/m0/s1. The Morgan fingerprint density at radius 2 is 1.19 bits per heavy atom. The zero-order chi connectivity index (χ0) is 70.8. The number of primary amides is 1. The van der Waals surface area contributed by atoms with Crippen LogP contribution in [0.1, 0.15) is 130 Å². The second-order valence-corrected chi connectivity index (χ2v) is 23.9. The number of aliphatic hydroxyl groups excluding tert-OH is 1. The third-order valence-electron chi connectivity index (χ3n) is 14.9. The van der Waals surface area contributed by atoms with E-state index in [0.717, 1.165) is 4.90 Å². The third-order valence-corrected chi connectivity index (χ3v) is 15.6. The number of aliphatic hydroxyl groups is 1. The number of unbranched alkanes of at least 4 members (excludes halogenated alkanes) is 1. The number of aliphatic carboxylic acids is 4. The first kappa shape index (κ1) is 81.1. The third kappa shape index (κ3) is 30.2. The lowest BCUT2D eigenvalue weighted by molar-refractivity contribution is -0.146. The quantitative estimate of drug-likeness (QED) is 0.0166. The van der Waals surface area contributed by atoms with Crippen molar-refractivity contribution in [2.75, 3.05) is 38.2 Å². The molecule has 1 aromatic heterocycles. The van der Waals surface area contributed by atoms with Crippen LogP contribution < -0.4 is 64.6 Å². The number of aromatic amines is 1. The Kier molecular flexibility index (Phi) is 36.5. The number of amides is 10. The molecule has 1 aliphatic rings. The number of thioether (sulfide) groups is 1. The normalized spacial score (nSPS) is 15.9. The van der Waals surface area contributed by atoms with Crippen molar-refractivity contribution in [2.45, 2.75) is 191 Å². The average Bonchev–Trinajstić information content (AvgIpc) is 1.68. The van der Waals surface area contributed by atoms with E-state index < -0.39 is 194 Å². The van der Waals surface area contributed by atoms with Crippen LogP contribution in [-0.2, 0) is 78.3 Å². The maximum atomic E-state index is 14.0. The van der Waals surface area contributed by atoms with Gasteiger partial charge in [0.25, 0.3) is 0 Å². The molecule has 0 saturated carbocycles. The van der Waals surface area contributed by atoms with Gasteiger partial charge in [-0.1, -0.05) is 34.1 Å². The monoisotopic (exact) mass is 1350 g/mol. The van der Waals surface area contributed by atoms with Crippen LogP contribution >= 0.6 is 11.8 Å². The lowest BCUT2D eigenvalue weighted by Crippen LogP contribution is -2.60. The summed E-state index contributed by atoms with van der Waals surface area (Å²) in [4.78, 5) is 204. The van der Waals surface area contributed by atoms with Crippen molar-refractivity contribution in [3.05, 3.63) is 18.2 Å². The molecule has 1 aliphatic heterocycles. The van der Waals surface area contributed by atoms with E-state index in [1.54, 1.807) is 13.2 Å². The van der Waals surface area contributed by atoms with Crippen molar-refractivity contribution in [3.63, 3.8) is 0 Å². The molecule has 0 radical (unpaired) electrons. The van der Waals surface area contributed by atoms with Gasteiger partial charge in [0.2, 0.25) is 59.1 Å². The van der Waals surface area contributed by atoms with Gasteiger partial charge >= 0.3 is 23.9 Å². The first-order valence-corrected chi connectivity index (χ1v) is 32.0. The van der Waals surface area contributed by atoms with Crippen LogP contribution in [-0.4, -0.2) is 234 Å². The van der Waals surface area contributed by atoms with E-state index in [1.165, 1.54) is 38.1 Å². The van der Waals surface area contributed by atoms with Crippen molar-refractivity contribution in [2.24, 2.45) is 23.3 Å². The average molecular weight is 1350 g/mol. The molecule has 94 heavy (non-hydrogen) atoms. The topological polar surface area (TPSA) is 585 Å². The Bertz CT molecular complexity index is 2790. The highest BCUT2D eigenvalue weighted by Gasteiger charge is 2.41. The highest BCUT2D eigenvalue weighted by atomic mass is 32.2. The largest absolute Gasteiger partial charge is 0.481 e. The predicted octanol–water partition coefficient (Wildman–Crippen LogP) is -4.61. The van der Waals surface area contributed by atoms with Crippen molar-refractivity contribution < 1.29 is 97.5 Å². The second kappa shape index (κ2) is 42.3. The highest BCUT2D eigenvalue weighted by molar-refractivity contribution is 7.98. The molecule has 10 amide bonds. The van der Waals surface area contributed by atoms with Crippen LogP contribution in [0.2, 0.25) is 0 Å². The number of likely N-dealkylation sites (tertiary alicyclic amines) is 1. The van der Waals surface area contributed by atoms with Gasteiger partial charge in [0.05, 0.1) is 50.0 Å². The Morgan fingerprint density at radius 3 is 1.74 bits per heavy atom. The van der Waals surface area contributed by atoms with Crippen LogP contribution in [0, 0.1) is 17.2 Å². The van der Waals surface area contributed by atoms with Crippen molar-refractivity contribution in [1.82, 2.24) is 68.0 Å². The molecular formula is C57H92N16O20S. The number of nitrogens with zero attached hydrogens (tertiary/aromatic N) is 2. The number of carbonyl (C=O) groups excluding carboxylic acids is 11. The minimum atomic E-state index is -1.85. The molecule has 1 saturated heterocycles. The van der Waals surface area contributed by atoms with E-state index in [0.29, 0.717) is 18.6 Å². The molecule has 36 nitrogen and oxygen atoms in total. The van der Waals surface area contributed by atoms with E-state index in [-0.39, 0.29) is 95.0 Å². The summed E-state index contributed by atoms with van der Waals surface area (Å²) in [6, 6.07) is -15.2. The fraction of sp³-hybridized carbons (Fsp3) is 0.667. The van der Waals surface area contributed by atoms with Gasteiger partial charge in [-0.2, -0.15) is 11.8 Å². The highest BCUT2D eigenvalue weighted by Crippen LogP contribution is 2.21. The van der Waals surface area contributed by atoms with Gasteiger partial charge in [-0.25, -0.2) is 4.98 Å². The van der Waals surface area contributed by atoms with Crippen molar-refractivity contribution >= 4 is 106 Å². The maximum Gasteiger partial charge on any atom is 0.305 e. The molecule has 2 rings (SSSR count).